The van der Waals surface area contributed by atoms with Crippen LogP contribution in [0, 0.1) is 0 Å². The molecular formula is C32H36N6O4. The van der Waals surface area contributed by atoms with Crippen molar-refractivity contribution in [3.63, 3.8) is 0 Å². The van der Waals surface area contributed by atoms with Crippen molar-refractivity contribution in [1.82, 2.24) is 29.7 Å². The number of carbonyl (C=O) groups excluding carboxylic acids is 1. The average Bonchev–Trinajstić information content (AvgIpc) is 3.78. The lowest BCUT2D eigenvalue weighted by Gasteiger charge is -2.24. The third kappa shape index (κ3) is 5.74. The molecule has 0 aliphatic carbocycles. The van der Waals surface area contributed by atoms with Crippen molar-refractivity contribution in [3.8, 4) is 33.6 Å². The van der Waals surface area contributed by atoms with Crippen molar-refractivity contribution in [2.24, 2.45) is 0 Å². The Morgan fingerprint density at radius 1 is 0.833 bits per heavy atom. The van der Waals surface area contributed by atoms with Gasteiger partial charge in [-0.2, -0.15) is 0 Å². The second-order valence-electron chi connectivity index (χ2n) is 12.1. The summed E-state index contributed by atoms with van der Waals surface area (Å²) in [6.07, 6.45) is 4.93. The molecule has 0 saturated carbocycles. The number of aromatic amines is 2. The predicted molar refractivity (Wildman–Crippen MR) is 159 cm³/mol. The molecule has 218 valence electrons. The molecule has 3 N–H and O–H groups in total. The number of carbonyl (C=O) groups is 2. The third-order valence-electron chi connectivity index (χ3n) is 7.96. The van der Waals surface area contributed by atoms with Crippen LogP contribution in [-0.4, -0.2) is 72.3 Å². The fourth-order valence-electron chi connectivity index (χ4n) is 5.78. The molecule has 0 spiro atoms. The van der Waals surface area contributed by atoms with Gasteiger partial charge in [0.25, 0.3) is 0 Å². The van der Waals surface area contributed by atoms with Gasteiger partial charge in [0.2, 0.25) is 0 Å². The summed E-state index contributed by atoms with van der Waals surface area (Å²) in [7, 11) is 0. The lowest BCUT2D eigenvalue weighted by atomic mass is 10.0. The Balaban J connectivity index is 1.09. The largest absolute Gasteiger partial charge is 0.465 e. The molecule has 10 nitrogen and oxygen atoms in total. The predicted octanol–water partition coefficient (Wildman–Crippen LogP) is 6.67. The van der Waals surface area contributed by atoms with Crippen LogP contribution in [0.5, 0.6) is 0 Å². The van der Waals surface area contributed by atoms with Crippen molar-refractivity contribution in [3.05, 3.63) is 72.6 Å². The van der Waals surface area contributed by atoms with E-state index in [9.17, 15) is 14.7 Å². The molecule has 2 saturated heterocycles. The fraction of sp³-hybridized carbons (Fsp3) is 0.375. The molecule has 2 unspecified atom stereocenters. The van der Waals surface area contributed by atoms with Crippen molar-refractivity contribution >= 4 is 12.2 Å². The first-order valence-electron chi connectivity index (χ1n) is 14.4. The maximum Gasteiger partial charge on any atom is 0.410 e. The first kappa shape index (κ1) is 27.6. The SMILES string of the molecule is CC(C)(C)OC(=O)N1CCC(c2ncc(-c3ccc(-c4ccc(-c5cnc(C6CCCN6C(=O)O)[nH]5)cc4)cc3)[nH]2)C1. The molecule has 4 heterocycles. The molecule has 2 atom stereocenters. The van der Waals surface area contributed by atoms with E-state index in [1.165, 1.54) is 4.90 Å². The highest BCUT2D eigenvalue weighted by atomic mass is 16.6. The van der Waals surface area contributed by atoms with Crippen LogP contribution in [0.25, 0.3) is 33.6 Å². The van der Waals surface area contributed by atoms with E-state index in [-0.39, 0.29) is 18.1 Å². The summed E-state index contributed by atoms with van der Waals surface area (Å²) >= 11 is 0. The summed E-state index contributed by atoms with van der Waals surface area (Å²) in [5.74, 6) is 1.74. The molecule has 2 aliphatic rings. The van der Waals surface area contributed by atoms with Crippen molar-refractivity contribution in [1.29, 1.82) is 0 Å². The number of likely N-dealkylation sites (tertiary alicyclic amines) is 2. The van der Waals surface area contributed by atoms with Crippen LogP contribution in [0.3, 0.4) is 0 Å². The van der Waals surface area contributed by atoms with E-state index in [4.69, 9.17) is 4.74 Å². The number of H-pyrrole nitrogens is 2. The van der Waals surface area contributed by atoms with Crippen molar-refractivity contribution in [2.75, 3.05) is 19.6 Å². The van der Waals surface area contributed by atoms with E-state index in [1.807, 2.05) is 39.1 Å². The molecule has 2 fully saturated rings. The number of nitrogens with zero attached hydrogens (tertiary/aromatic N) is 4. The van der Waals surface area contributed by atoms with E-state index < -0.39 is 11.7 Å². The van der Waals surface area contributed by atoms with Crippen LogP contribution in [0.15, 0.2) is 60.9 Å². The molecule has 6 rings (SSSR count). The van der Waals surface area contributed by atoms with Gasteiger partial charge < -0.3 is 24.7 Å². The first-order chi connectivity index (χ1) is 20.1. The zero-order valence-corrected chi connectivity index (χ0v) is 24.1. The second kappa shape index (κ2) is 11.0. The lowest BCUT2D eigenvalue weighted by Crippen LogP contribution is -2.35. The molecule has 0 bridgehead atoms. The number of nitrogens with one attached hydrogen (secondary N) is 2. The molecular weight excluding hydrogens is 532 g/mol. The standard InChI is InChI=1S/C32H36N6O4/c1-32(2,3)42-31(41)37-16-14-24(19-37)28-33-17-25(35-28)22-10-6-20(7-11-22)21-8-12-23(13-9-21)26-18-34-29(36-26)27-5-4-15-38(27)30(39)40/h6-13,17-18,24,27H,4-5,14-16,19H2,1-3H3,(H,33,35)(H,34,36)(H,39,40). The molecule has 0 radical (unpaired) electrons. The van der Waals surface area contributed by atoms with Gasteiger partial charge in [0.05, 0.1) is 29.8 Å². The Bertz CT molecular complexity index is 1570. The van der Waals surface area contributed by atoms with Gasteiger partial charge in [-0.15, -0.1) is 0 Å². The van der Waals surface area contributed by atoms with Crippen LogP contribution < -0.4 is 0 Å². The number of imidazole rings is 2. The number of aromatic nitrogens is 4. The van der Waals surface area contributed by atoms with Gasteiger partial charge in [0.15, 0.2) is 0 Å². The minimum Gasteiger partial charge on any atom is -0.465 e. The van der Waals surface area contributed by atoms with Gasteiger partial charge in [-0.1, -0.05) is 48.5 Å². The first-order valence-corrected chi connectivity index (χ1v) is 14.4. The van der Waals surface area contributed by atoms with E-state index in [0.29, 0.717) is 25.5 Å². The maximum atomic E-state index is 12.4. The monoisotopic (exact) mass is 568 g/mol. The topological polar surface area (TPSA) is 127 Å². The van der Waals surface area contributed by atoms with Crippen LogP contribution in [-0.2, 0) is 4.74 Å². The number of hydrogen-bond donors (Lipinski definition) is 3. The lowest BCUT2D eigenvalue weighted by molar-refractivity contribution is 0.0292. The molecule has 2 amide bonds. The maximum absolute atomic E-state index is 12.4. The highest BCUT2D eigenvalue weighted by Crippen LogP contribution is 2.33. The van der Waals surface area contributed by atoms with E-state index in [0.717, 1.165) is 58.7 Å². The Kier molecular flexibility index (Phi) is 7.22. The quantitative estimate of drug-likeness (QED) is 0.247. The zero-order chi connectivity index (χ0) is 29.4. The van der Waals surface area contributed by atoms with Crippen LogP contribution in [0.2, 0.25) is 0 Å². The van der Waals surface area contributed by atoms with Crippen molar-refractivity contribution < 1.29 is 19.4 Å². The summed E-state index contributed by atoms with van der Waals surface area (Å²) in [5, 5.41) is 9.45. The Labute approximate surface area is 244 Å². The van der Waals surface area contributed by atoms with Crippen molar-refractivity contribution in [2.45, 2.75) is 57.6 Å². The van der Waals surface area contributed by atoms with E-state index in [2.05, 4.69) is 56.3 Å². The average molecular weight is 569 g/mol. The molecule has 2 aromatic carbocycles. The summed E-state index contributed by atoms with van der Waals surface area (Å²) in [6.45, 7) is 7.43. The fourth-order valence-corrected chi connectivity index (χ4v) is 5.78. The molecule has 4 aromatic rings. The number of ether oxygens (including phenoxy) is 1. The zero-order valence-electron chi connectivity index (χ0n) is 24.1. The van der Waals surface area contributed by atoms with Crippen LogP contribution in [0.4, 0.5) is 9.59 Å². The van der Waals surface area contributed by atoms with Gasteiger partial charge in [-0.3, -0.25) is 4.90 Å². The molecule has 10 heteroatoms. The normalized spacial score (nSPS) is 18.9. The summed E-state index contributed by atoms with van der Waals surface area (Å²) in [4.78, 5) is 43.1. The smallest absolute Gasteiger partial charge is 0.410 e. The summed E-state index contributed by atoms with van der Waals surface area (Å²) in [6, 6.07) is 16.4. The Morgan fingerprint density at radius 3 is 1.95 bits per heavy atom. The second-order valence-corrected chi connectivity index (χ2v) is 12.1. The third-order valence-corrected chi connectivity index (χ3v) is 7.96. The Morgan fingerprint density at radius 2 is 1.38 bits per heavy atom. The molecule has 2 aromatic heterocycles. The van der Waals surface area contributed by atoms with Gasteiger partial charge in [0.1, 0.15) is 17.2 Å². The number of rotatable bonds is 5. The van der Waals surface area contributed by atoms with Gasteiger partial charge >= 0.3 is 12.2 Å². The number of benzene rings is 2. The molecule has 42 heavy (non-hydrogen) atoms. The van der Waals surface area contributed by atoms with Gasteiger partial charge in [0, 0.05) is 25.6 Å². The number of carboxylic acid groups (broad SMARTS) is 1. The van der Waals surface area contributed by atoms with E-state index in [1.54, 1.807) is 11.1 Å². The highest BCUT2D eigenvalue weighted by molar-refractivity contribution is 5.72. The number of amides is 2. The minimum atomic E-state index is -0.903. The van der Waals surface area contributed by atoms with Crippen LogP contribution >= 0.6 is 0 Å². The summed E-state index contributed by atoms with van der Waals surface area (Å²) < 4.78 is 5.52. The highest BCUT2D eigenvalue weighted by Gasteiger charge is 2.33. The summed E-state index contributed by atoms with van der Waals surface area (Å²) in [5.41, 5.74) is 5.54. The number of hydrogen-bond acceptors (Lipinski definition) is 5. The van der Waals surface area contributed by atoms with Crippen LogP contribution in [0.1, 0.15) is 63.6 Å². The van der Waals surface area contributed by atoms with Gasteiger partial charge in [-0.05, 0) is 62.3 Å². The van der Waals surface area contributed by atoms with E-state index >= 15 is 0 Å². The molecule has 2 aliphatic heterocycles. The minimum absolute atomic E-state index is 0.157. The Hall–Kier alpha value is -4.60. The van der Waals surface area contributed by atoms with Gasteiger partial charge in [-0.25, -0.2) is 19.6 Å².